The summed E-state index contributed by atoms with van der Waals surface area (Å²) in [5.74, 6) is -0.744. The third kappa shape index (κ3) is 4.79. The zero-order valence-corrected chi connectivity index (χ0v) is 13.2. The number of nitrogens with one attached hydrogen (secondary N) is 2. The first-order chi connectivity index (χ1) is 11.0. The number of halogens is 1. The summed E-state index contributed by atoms with van der Waals surface area (Å²) in [4.78, 5) is 25.4. The second kappa shape index (κ2) is 7.73. The summed E-state index contributed by atoms with van der Waals surface area (Å²) in [6, 6.07) is 5.96. The first-order valence-electron chi connectivity index (χ1n) is 7.36. The van der Waals surface area contributed by atoms with Gasteiger partial charge in [0.05, 0.1) is 18.7 Å². The lowest BCUT2D eigenvalue weighted by Crippen LogP contribution is -2.46. The van der Waals surface area contributed by atoms with Crippen molar-refractivity contribution >= 4 is 12.0 Å². The number of carbonyl (C=O) groups is 2. The molecule has 0 spiro atoms. The highest BCUT2D eigenvalue weighted by Gasteiger charge is 2.24. The molecule has 0 fully saturated rings. The third-order valence-corrected chi connectivity index (χ3v) is 3.35. The quantitative estimate of drug-likeness (QED) is 0.777. The zero-order chi connectivity index (χ0) is 16.8. The van der Waals surface area contributed by atoms with Crippen LogP contribution in [0, 0.1) is 5.82 Å². The molecular weight excluding hydrogens is 301 g/mol. The lowest BCUT2D eigenvalue weighted by Gasteiger charge is -2.25. The number of hydrogen-bond donors (Lipinski definition) is 2. The van der Waals surface area contributed by atoms with Gasteiger partial charge in [-0.25, -0.2) is 14.0 Å². The van der Waals surface area contributed by atoms with Crippen molar-refractivity contribution in [1.29, 1.82) is 0 Å². The van der Waals surface area contributed by atoms with Crippen LogP contribution < -0.4 is 10.6 Å². The van der Waals surface area contributed by atoms with E-state index in [4.69, 9.17) is 4.74 Å². The number of urea groups is 1. The molecule has 0 saturated carbocycles. The fourth-order valence-electron chi connectivity index (χ4n) is 2.35. The van der Waals surface area contributed by atoms with Gasteiger partial charge in [0.15, 0.2) is 0 Å². The first kappa shape index (κ1) is 17.0. The molecule has 2 amide bonds. The van der Waals surface area contributed by atoms with E-state index in [0.29, 0.717) is 24.4 Å². The maximum atomic E-state index is 13.2. The molecule has 1 aliphatic rings. The standard InChI is InChI=1S/C16H20FN3O3/c1-3-23-15(21)13-8-18-16(22)19-14(13)10-20(2)9-11-5-4-6-12(17)7-11/h4-7H,3,8-10H2,1-2H3,(H2,18,19,22). The molecule has 1 aromatic carbocycles. The summed E-state index contributed by atoms with van der Waals surface area (Å²) < 4.78 is 18.2. The van der Waals surface area contributed by atoms with Crippen molar-refractivity contribution in [1.82, 2.24) is 15.5 Å². The molecule has 0 aromatic heterocycles. The maximum Gasteiger partial charge on any atom is 0.337 e. The van der Waals surface area contributed by atoms with Crippen LogP contribution in [0.15, 0.2) is 35.5 Å². The molecule has 1 heterocycles. The summed E-state index contributed by atoms with van der Waals surface area (Å²) >= 11 is 0. The molecule has 0 bridgehead atoms. The van der Waals surface area contributed by atoms with Crippen LogP contribution in [0.4, 0.5) is 9.18 Å². The van der Waals surface area contributed by atoms with Crippen LogP contribution in [0.1, 0.15) is 12.5 Å². The first-order valence-corrected chi connectivity index (χ1v) is 7.36. The number of likely N-dealkylation sites (N-methyl/N-ethyl adjacent to an activating group) is 1. The van der Waals surface area contributed by atoms with Gasteiger partial charge < -0.3 is 15.4 Å². The average Bonchev–Trinajstić information content (AvgIpc) is 2.47. The SMILES string of the molecule is CCOC(=O)C1=C(CN(C)Cc2cccc(F)c2)NC(=O)NC1. The summed E-state index contributed by atoms with van der Waals surface area (Å²) in [7, 11) is 1.83. The molecule has 0 radical (unpaired) electrons. The highest BCUT2D eigenvalue weighted by atomic mass is 19.1. The fourth-order valence-corrected chi connectivity index (χ4v) is 2.35. The van der Waals surface area contributed by atoms with E-state index in [9.17, 15) is 14.0 Å². The molecule has 23 heavy (non-hydrogen) atoms. The summed E-state index contributed by atoms with van der Waals surface area (Å²) in [6.07, 6.45) is 0. The summed E-state index contributed by atoms with van der Waals surface area (Å²) in [5, 5.41) is 5.20. The van der Waals surface area contributed by atoms with Crippen molar-refractivity contribution in [3.63, 3.8) is 0 Å². The van der Waals surface area contributed by atoms with E-state index in [-0.39, 0.29) is 25.0 Å². The second-order valence-corrected chi connectivity index (χ2v) is 5.29. The monoisotopic (exact) mass is 321 g/mol. The van der Waals surface area contributed by atoms with Crippen LogP contribution in [0.25, 0.3) is 0 Å². The Morgan fingerprint density at radius 1 is 1.39 bits per heavy atom. The topological polar surface area (TPSA) is 70.7 Å². The van der Waals surface area contributed by atoms with Gasteiger partial charge in [-0.2, -0.15) is 0 Å². The van der Waals surface area contributed by atoms with Crippen LogP contribution in [-0.2, 0) is 16.1 Å². The minimum absolute atomic E-state index is 0.133. The Morgan fingerprint density at radius 2 is 2.17 bits per heavy atom. The molecule has 2 N–H and O–H groups in total. The van der Waals surface area contributed by atoms with Crippen molar-refractivity contribution in [2.45, 2.75) is 13.5 Å². The van der Waals surface area contributed by atoms with Gasteiger partial charge in [0.2, 0.25) is 0 Å². The predicted octanol–water partition coefficient (Wildman–Crippen LogP) is 1.39. The number of nitrogens with zero attached hydrogens (tertiary/aromatic N) is 1. The summed E-state index contributed by atoms with van der Waals surface area (Å²) in [6.45, 7) is 2.96. The zero-order valence-electron chi connectivity index (χ0n) is 13.2. The molecule has 7 heteroatoms. The molecule has 2 rings (SSSR count). The number of carbonyl (C=O) groups excluding carboxylic acids is 2. The maximum absolute atomic E-state index is 13.2. The number of ether oxygens (including phenoxy) is 1. The van der Waals surface area contributed by atoms with Gasteiger partial charge in [0.25, 0.3) is 0 Å². The van der Waals surface area contributed by atoms with Crippen molar-refractivity contribution in [2.75, 3.05) is 26.7 Å². The molecule has 0 unspecified atom stereocenters. The van der Waals surface area contributed by atoms with Crippen molar-refractivity contribution in [3.05, 3.63) is 46.9 Å². The van der Waals surface area contributed by atoms with Gasteiger partial charge in [-0.1, -0.05) is 12.1 Å². The van der Waals surface area contributed by atoms with Gasteiger partial charge in [-0.15, -0.1) is 0 Å². The second-order valence-electron chi connectivity index (χ2n) is 5.29. The van der Waals surface area contributed by atoms with E-state index in [2.05, 4.69) is 10.6 Å². The fraction of sp³-hybridized carbons (Fsp3) is 0.375. The number of benzene rings is 1. The van der Waals surface area contributed by atoms with Crippen LogP contribution in [0.5, 0.6) is 0 Å². The van der Waals surface area contributed by atoms with Gasteiger partial charge >= 0.3 is 12.0 Å². The Bertz CT molecular complexity index is 631. The van der Waals surface area contributed by atoms with Crippen LogP contribution >= 0.6 is 0 Å². The van der Waals surface area contributed by atoms with Gasteiger partial charge in [0, 0.05) is 18.8 Å². The minimum atomic E-state index is -0.450. The number of rotatable bonds is 6. The molecular formula is C16H20FN3O3. The number of amides is 2. The molecule has 1 aromatic rings. The largest absolute Gasteiger partial charge is 0.463 e. The highest BCUT2D eigenvalue weighted by molar-refractivity contribution is 5.93. The normalized spacial score (nSPS) is 14.5. The van der Waals surface area contributed by atoms with E-state index < -0.39 is 5.97 Å². The Morgan fingerprint density at radius 3 is 2.87 bits per heavy atom. The lowest BCUT2D eigenvalue weighted by atomic mass is 10.1. The minimum Gasteiger partial charge on any atom is -0.463 e. The summed E-state index contributed by atoms with van der Waals surface area (Å²) in [5.41, 5.74) is 1.72. The van der Waals surface area contributed by atoms with Gasteiger partial charge in [-0.05, 0) is 31.7 Å². The van der Waals surface area contributed by atoms with Crippen LogP contribution in [0.2, 0.25) is 0 Å². The van der Waals surface area contributed by atoms with Crippen molar-refractivity contribution < 1.29 is 18.7 Å². The van der Waals surface area contributed by atoms with Crippen molar-refractivity contribution in [3.8, 4) is 0 Å². The molecule has 1 aliphatic heterocycles. The molecule has 0 saturated heterocycles. The Hall–Kier alpha value is -2.41. The molecule has 6 nitrogen and oxygen atoms in total. The predicted molar refractivity (Wildman–Crippen MR) is 82.9 cm³/mol. The van der Waals surface area contributed by atoms with E-state index in [1.54, 1.807) is 13.0 Å². The average molecular weight is 321 g/mol. The number of esters is 1. The Balaban J connectivity index is 2.10. The lowest BCUT2D eigenvalue weighted by molar-refractivity contribution is -0.138. The number of hydrogen-bond acceptors (Lipinski definition) is 4. The third-order valence-electron chi connectivity index (χ3n) is 3.35. The van der Waals surface area contributed by atoms with E-state index >= 15 is 0 Å². The van der Waals surface area contributed by atoms with E-state index in [1.165, 1.54) is 12.1 Å². The smallest absolute Gasteiger partial charge is 0.337 e. The highest BCUT2D eigenvalue weighted by Crippen LogP contribution is 2.12. The molecule has 0 aliphatic carbocycles. The van der Waals surface area contributed by atoms with Crippen LogP contribution in [0.3, 0.4) is 0 Å². The molecule has 0 atom stereocenters. The van der Waals surface area contributed by atoms with Gasteiger partial charge in [0.1, 0.15) is 5.82 Å². The Kier molecular flexibility index (Phi) is 5.70. The van der Waals surface area contributed by atoms with Crippen LogP contribution in [-0.4, -0.2) is 43.6 Å². The van der Waals surface area contributed by atoms with E-state index in [0.717, 1.165) is 5.56 Å². The van der Waals surface area contributed by atoms with E-state index in [1.807, 2.05) is 18.0 Å². The van der Waals surface area contributed by atoms with Crippen molar-refractivity contribution in [2.24, 2.45) is 0 Å². The van der Waals surface area contributed by atoms with Gasteiger partial charge in [-0.3, -0.25) is 4.90 Å². The Labute approximate surface area is 134 Å². The molecule has 124 valence electrons.